The highest BCUT2D eigenvalue weighted by Gasteiger charge is 2.28. The highest BCUT2D eigenvalue weighted by molar-refractivity contribution is 5.25. The molecule has 1 heterocycles. The Labute approximate surface area is 130 Å². The van der Waals surface area contributed by atoms with Crippen LogP contribution in [0.5, 0.6) is 0 Å². The predicted octanol–water partition coefficient (Wildman–Crippen LogP) is 3.64. The van der Waals surface area contributed by atoms with Crippen molar-refractivity contribution in [2.75, 3.05) is 19.6 Å². The van der Waals surface area contributed by atoms with E-state index in [1.165, 1.54) is 43.5 Å². The van der Waals surface area contributed by atoms with Gasteiger partial charge in [-0.2, -0.15) is 0 Å². The molecule has 0 spiro atoms. The average molecular weight is 288 g/mol. The predicted molar refractivity (Wildman–Crippen MR) is 91.8 cm³/mol. The largest absolute Gasteiger partial charge is 0.311 e. The van der Waals surface area contributed by atoms with Gasteiger partial charge >= 0.3 is 0 Å². The zero-order valence-electron chi connectivity index (χ0n) is 14.2. The molecule has 21 heavy (non-hydrogen) atoms. The number of hydrogen-bond acceptors (Lipinski definition) is 2. The molecule has 0 aromatic heterocycles. The van der Waals surface area contributed by atoms with Crippen LogP contribution < -0.4 is 5.32 Å². The Morgan fingerprint density at radius 2 is 2.05 bits per heavy atom. The topological polar surface area (TPSA) is 15.3 Å². The molecule has 1 aliphatic heterocycles. The van der Waals surface area contributed by atoms with Gasteiger partial charge in [0, 0.05) is 31.7 Å². The molecule has 3 unspecified atom stereocenters. The normalized spacial score (nSPS) is 25.0. The van der Waals surface area contributed by atoms with Crippen molar-refractivity contribution >= 4 is 0 Å². The van der Waals surface area contributed by atoms with Gasteiger partial charge in [0.25, 0.3) is 0 Å². The lowest BCUT2D eigenvalue weighted by Gasteiger charge is -2.42. The third kappa shape index (κ3) is 4.31. The van der Waals surface area contributed by atoms with E-state index in [9.17, 15) is 0 Å². The number of nitrogens with zero attached hydrogens (tertiary/aromatic N) is 1. The minimum Gasteiger partial charge on any atom is -0.311 e. The summed E-state index contributed by atoms with van der Waals surface area (Å²) in [6, 6.07) is 10.2. The Kier molecular flexibility index (Phi) is 6.25. The van der Waals surface area contributed by atoms with E-state index in [4.69, 9.17) is 0 Å². The molecular weight excluding hydrogens is 256 g/mol. The summed E-state index contributed by atoms with van der Waals surface area (Å²) in [5, 5.41) is 3.77. The first kappa shape index (κ1) is 16.5. The van der Waals surface area contributed by atoms with Crippen molar-refractivity contribution < 1.29 is 0 Å². The summed E-state index contributed by atoms with van der Waals surface area (Å²) in [4.78, 5) is 2.72. The van der Waals surface area contributed by atoms with E-state index in [1.807, 2.05) is 0 Å². The van der Waals surface area contributed by atoms with Crippen molar-refractivity contribution in [3.63, 3.8) is 0 Å². The lowest BCUT2D eigenvalue weighted by atomic mass is 9.94. The van der Waals surface area contributed by atoms with Gasteiger partial charge in [-0.05, 0) is 36.8 Å². The fraction of sp³-hybridized carbons (Fsp3) is 0.684. The smallest absolute Gasteiger partial charge is 0.0221 e. The summed E-state index contributed by atoms with van der Waals surface area (Å²) in [7, 11) is 0. The van der Waals surface area contributed by atoms with Crippen LogP contribution >= 0.6 is 0 Å². The van der Waals surface area contributed by atoms with Gasteiger partial charge in [-0.3, -0.25) is 4.90 Å². The first-order chi connectivity index (χ1) is 10.2. The lowest BCUT2D eigenvalue weighted by Crippen LogP contribution is -2.58. The Balaban J connectivity index is 1.96. The second-order valence-corrected chi connectivity index (χ2v) is 6.63. The van der Waals surface area contributed by atoms with E-state index in [1.54, 1.807) is 0 Å². The van der Waals surface area contributed by atoms with E-state index in [0.717, 1.165) is 12.5 Å². The molecule has 0 amide bonds. The van der Waals surface area contributed by atoms with Crippen molar-refractivity contribution in [3.8, 4) is 0 Å². The molecule has 118 valence electrons. The van der Waals surface area contributed by atoms with Crippen LogP contribution in [-0.4, -0.2) is 36.6 Å². The number of hydrogen-bond donors (Lipinski definition) is 1. The number of benzene rings is 1. The van der Waals surface area contributed by atoms with Crippen LogP contribution in [0.15, 0.2) is 24.3 Å². The van der Waals surface area contributed by atoms with Crippen LogP contribution in [0.2, 0.25) is 0 Å². The molecular formula is C19H32N2. The Bertz CT molecular complexity index is 429. The van der Waals surface area contributed by atoms with Crippen molar-refractivity contribution in [1.29, 1.82) is 0 Å². The number of piperazine rings is 1. The SMILES string of the molecule is CCC(C)C1CN(CCc2ccccc2C)C(CC)CN1. The van der Waals surface area contributed by atoms with Crippen LogP contribution in [0, 0.1) is 12.8 Å². The first-order valence-electron chi connectivity index (χ1n) is 8.67. The highest BCUT2D eigenvalue weighted by Crippen LogP contribution is 2.18. The summed E-state index contributed by atoms with van der Waals surface area (Å²) in [6.45, 7) is 12.8. The highest BCUT2D eigenvalue weighted by atomic mass is 15.2. The van der Waals surface area contributed by atoms with E-state index in [2.05, 4.69) is 62.2 Å². The van der Waals surface area contributed by atoms with Gasteiger partial charge in [0.2, 0.25) is 0 Å². The van der Waals surface area contributed by atoms with Gasteiger partial charge < -0.3 is 5.32 Å². The zero-order chi connectivity index (χ0) is 15.2. The van der Waals surface area contributed by atoms with Crippen molar-refractivity contribution in [2.24, 2.45) is 5.92 Å². The number of rotatable bonds is 6. The molecule has 1 aromatic rings. The summed E-state index contributed by atoms with van der Waals surface area (Å²) >= 11 is 0. The molecule has 1 aliphatic rings. The molecule has 2 nitrogen and oxygen atoms in total. The standard InChI is InChI=1S/C19H32N2/c1-5-15(3)19-14-21(18(6-2)13-20-19)12-11-17-10-8-7-9-16(17)4/h7-10,15,18-20H,5-6,11-14H2,1-4H3. The summed E-state index contributed by atoms with van der Waals surface area (Å²) < 4.78 is 0. The van der Waals surface area contributed by atoms with Crippen LogP contribution in [0.25, 0.3) is 0 Å². The average Bonchev–Trinajstić information content (AvgIpc) is 2.53. The molecule has 2 heteroatoms. The Morgan fingerprint density at radius 1 is 1.29 bits per heavy atom. The van der Waals surface area contributed by atoms with E-state index in [0.29, 0.717) is 12.1 Å². The van der Waals surface area contributed by atoms with Gasteiger partial charge in [-0.25, -0.2) is 0 Å². The summed E-state index contributed by atoms with van der Waals surface area (Å²) in [5.41, 5.74) is 2.94. The van der Waals surface area contributed by atoms with Gasteiger partial charge in [0.05, 0.1) is 0 Å². The van der Waals surface area contributed by atoms with Crippen molar-refractivity contribution in [3.05, 3.63) is 35.4 Å². The molecule has 3 atom stereocenters. The van der Waals surface area contributed by atoms with Gasteiger partial charge in [-0.1, -0.05) is 51.5 Å². The first-order valence-corrected chi connectivity index (χ1v) is 8.67. The fourth-order valence-corrected chi connectivity index (χ4v) is 3.38. The van der Waals surface area contributed by atoms with E-state index >= 15 is 0 Å². The molecule has 2 rings (SSSR count). The molecule has 0 saturated carbocycles. The maximum Gasteiger partial charge on any atom is 0.0221 e. The lowest BCUT2D eigenvalue weighted by molar-refractivity contribution is 0.107. The van der Waals surface area contributed by atoms with Crippen molar-refractivity contribution in [2.45, 2.75) is 59.0 Å². The quantitative estimate of drug-likeness (QED) is 0.860. The van der Waals surface area contributed by atoms with Crippen molar-refractivity contribution in [1.82, 2.24) is 10.2 Å². The van der Waals surface area contributed by atoms with E-state index in [-0.39, 0.29) is 0 Å². The second kappa shape index (κ2) is 7.95. The number of nitrogens with one attached hydrogen (secondary N) is 1. The minimum absolute atomic E-state index is 0.662. The van der Waals surface area contributed by atoms with Gasteiger partial charge in [0.15, 0.2) is 0 Å². The third-order valence-corrected chi connectivity index (χ3v) is 5.29. The molecule has 0 bridgehead atoms. The second-order valence-electron chi connectivity index (χ2n) is 6.63. The fourth-order valence-electron chi connectivity index (χ4n) is 3.38. The molecule has 1 saturated heterocycles. The third-order valence-electron chi connectivity index (χ3n) is 5.29. The summed E-state index contributed by atoms with van der Waals surface area (Å²) in [6.07, 6.45) is 3.69. The minimum atomic E-state index is 0.662. The molecule has 1 N–H and O–H groups in total. The van der Waals surface area contributed by atoms with E-state index < -0.39 is 0 Å². The van der Waals surface area contributed by atoms with Crippen LogP contribution in [-0.2, 0) is 6.42 Å². The maximum absolute atomic E-state index is 3.77. The maximum atomic E-state index is 3.77. The van der Waals surface area contributed by atoms with Gasteiger partial charge in [0.1, 0.15) is 0 Å². The number of aryl methyl sites for hydroxylation is 1. The molecule has 0 aliphatic carbocycles. The van der Waals surface area contributed by atoms with Gasteiger partial charge in [-0.15, -0.1) is 0 Å². The molecule has 1 aromatic carbocycles. The van der Waals surface area contributed by atoms with Crippen LogP contribution in [0.4, 0.5) is 0 Å². The van der Waals surface area contributed by atoms with Crippen LogP contribution in [0.1, 0.15) is 44.7 Å². The molecule has 0 radical (unpaired) electrons. The molecule has 1 fully saturated rings. The Hall–Kier alpha value is -0.860. The monoisotopic (exact) mass is 288 g/mol. The Morgan fingerprint density at radius 3 is 2.71 bits per heavy atom. The summed E-state index contributed by atoms with van der Waals surface area (Å²) in [5.74, 6) is 0.767. The van der Waals surface area contributed by atoms with Crippen LogP contribution in [0.3, 0.4) is 0 Å². The zero-order valence-corrected chi connectivity index (χ0v) is 14.2.